The minimum atomic E-state index is -1.01. The number of carboxylic acid groups (broad SMARTS) is 1. The number of ether oxygens (including phenoxy) is 1. The van der Waals surface area contributed by atoms with Crippen molar-refractivity contribution >= 4 is 37.8 Å². The van der Waals surface area contributed by atoms with Crippen LogP contribution in [0, 0.1) is 0 Å². The number of aromatic carboxylic acids is 1. The smallest absolute Gasteiger partial charge is 0.339 e. The number of hydrogen-bond donors (Lipinski definition) is 1. The van der Waals surface area contributed by atoms with Gasteiger partial charge in [-0.05, 0) is 35.9 Å². The van der Waals surface area contributed by atoms with Crippen LogP contribution in [0.2, 0.25) is 0 Å². The van der Waals surface area contributed by atoms with Crippen molar-refractivity contribution in [3.63, 3.8) is 0 Å². The van der Waals surface area contributed by atoms with Crippen LogP contribution < -0.4 is 4.74 Å². The highest BCUT2D eigenvalue weighted by atomic mass is 79.9. The second-order valence-corrected chi connectivity index (χ2v) is 5.70. The molecule has 19 heavy (non-hydrogen) atoms. The van der Waals surface area contributed by atoms with E-state index < -0.39 is 5.97 Å². The molecule has 3 nitrogen and oxygen atoms in total. The Kier molecular flexibility index (Phi) is 4.61. The summed E-state index contributed by atoms with van der Waals surface area (Å²) in [5.74, 6) is -0.652. The number of benzene rings is 2. The van der Waals surface area contributed by atoms with E-state index in [1.54, 1.807) is 12.1 Å². The van der Waals surface area contributed by atoms with E-state index in [1.807, 2.05) is 24.3 Å². The Morgan fingerprint density at radius 2 is 1.84 bits per heavy atom. The Balaban J connectivity index is 2.17. The van der Waals surface area contributed by atoms with Gasteiger partial charge < -0.3 is 9.84 Å². The molecule has 0 atom stereocenters. The van der Waals surface area contributed by atoms with E-state index in [-0.39, 0.29) is 5.56 Å². The number of rotatable bonds is 4. The van der Waals surface area contributed by atoms with Gasteiger partial charge in [0.05, 0.1) is 0 Å². The highest BCUT2D eigenvalue weighted by Crippen LogP contribution is 2.24. The maximum absolute atomic E-state index is 11.1. The molecule has 0 aliphatic heterocycles. The fourth-order valence-electron chi connectivity index (χ4n) is 1.58. The average molecular weight is 386 g/mol. The summed E-state index contributed by atoms with van der Waals surface area (Å²) in [5.41, 5.74) is 1.11. The van der Waals surface area contributed by atoms with Crippen molar-refractivity contribution in [3.05, 3.63) is 62.5 Å². The number of carboxylic acids is 1. The number of carbonyl (C=O) groups is 1. The summed E-state index contributed by atoms with van der Waals surface area (Å²) in [4.78, 5) is 11.1. The van der Waals surface area contributed by atoms with E-state index >= 15 is 0 Å². The van der Waals surface area contributed by atoms with Crippen LogP contribution in [0.4, 0.5) is 0 Å². The molecule has 0 bridgehead atoms. The molecule has 0 saturated heterocycles. The topological polar surface area (TPSA) is 46.5 Å². The molecule has 2 aromatic carbocycles. The number of halogens is 2. The molecule has 0 saturated carbocycles. The summed E-state index contributed by atoms with van der Waals surface area (Å²) in [6.45, 7) is 0.321. The fourth-order valence-corrected chi connectivity index (χ4v) is 2.39. The maximum atomic E-state index is 11.1. The Hall–Kier alpha value is -1.33. The van der Waals surface area contributed by atoms with Gasteiger partial charge >= 0.3 is 5.97 Å². The highest BCUT2D eigenvalue weighted by Gasteiger charge is 2.11. The zero-order chi connectivity index (χ0) is 13.8. The highest BCUT2D eigenvalue weighted by molar-refractivity contribution is 9.10. The lowest BCUT2D eigenvalue weighted by atomic mass is 10.2. The van der Waals surface area contributed by atoms with E-state index in [0.29, 0.717) is 16.8 Å². The van der Waals surface area contributed by atoms with Gasteiger partial charge in [0.2, 0.25) is 0 Å². The van der Waals surface area contributed by atoms with Crippen LogP contribution in [0.5, 0.6) is 5.75 Å². The normalized spacial score (nSPS) is 10.2. The fraction of sp³-hybridized carbons (Fsp3) is 0.0714. The van der Waals surface area contributed by atoms with Gasteiger partial charge in [-0.3, -0.25) is 0 Å². The summed E-state index contributed by atoms with van der Waals surface area (Å²) < 4.78 is 7.24. The molecule has 2 aromatic rings. The Bertz CT molecular complexity index is 611. The van der Waals surface area contributed by atoms with Crippen LogP contribution in [0.25, 0.3) is 0 Å². The molecule has 0 aliphatic rings. The van der Waals surface area contributed by atoms with Crippen LogP contribution in [0.1, 0.15) is 15.9 Å². The third-order valence-corrected chi connectivity index (χ3v) is 3.44. The maximum Gasteiger partial charge on any atom is 0.339 e. The van der Waals surface area contributed by atoms with Gasteiger partial charge in [0.15, 0.2) is 0 Å². The van der Waals surface area contributed by atoms with Crippen LogP contribution in [-0.4, -0.2) is 11.1 Å². The molecule has 0 heterocycles. The van der Waals surface area contributed by atoms with Crippen molar-refractivity contribution in [1.82, 2.24) is 0 Å². The molecule has 0 spiro atoms. The van der Waals surface area contributed by atoms with Gasteiger partial charge in [0, 0.05) is 8.95 Å². The Morgan fingerprint density at radius 3 is 2.53 bits per heavy atom. The van der Waals surface area contributed by atoms with Crippen molar-refractivity contribution in [1.29, 1.82) is 0 Å². The molecule has 0 fully saturated rings. The van der Waals surface area contributed by atoms with Crippen LogP contribution in [0.3, 0.4) is 0 Å². The largest absolute Gasteiger partial charge is 0.488 e. The minimum Gasteiger partial charge on any atom is -0.488 e. The third-order valence-electron chi connectivity index (χ3n) is 2.46. The standard InChI is InChI=1S/C14H10Br2O3/c15-10-3-1-2-9(6-10)8-19-13-5-4-11(16)7-12(13)14(17)18/h1-7H,8H2,(H,17,18). The quantitative estimate of drug-likeness (QED) is 0.843. The van der Waals surface area contributed by atoms with Gasteiger partial charge in [-0.1, -0.05) is 44.0 Å². The first-order valence-corrected chi connectivity index (χ1v) is 7.05. The van der Waals surface area contributed by atoms with Crippen molar-refractivity contribution in [2.75, 3.05) is 0 Å². The summed E-state index contributed by atoms with van der Waals surface area (Å²) in [7, 11) is 0. The number of hydrogen-bond acceptors (Lipinski definition) is 2. The summed E-state index contributed by atoms with van der Waals surface area (Å²) in [6, 6.07) is 12.6. The Morgan fingerprint density at radius 1 is 1.11 bits per heavy atom. The van der Waals surface area contributed by atoms with Gasteiger partial charge in [0.25, 0.3) is 0 Å². The Labute approximate surface area is 127 Å². The second-order valence-electron chi connectivity index (χ2n) is 3.86. The lowest BCUT2D eigenvalue weighted by Crippen LogP contribution is -2.03. The molecule has 0 aromatic heterocycles. The first kappa shape index (κ1) is 14.1. The van der Waals surface area contributed by atoms with E-state index in [0.717, 1.165) is 10.0 Å². The molecule has 98 valence electrons. The molecular formula is C14H10Br2O3. The molecular weight excluding hydrogens is 376 g/mol. The van der Waals surface area contributed by atoms with Crippen molar-refractivity contribution in [2.24, 2.45) is 0 Å². The molecule has 1 N–H and O–H groups in total. The van der Waals surface area contributed by atoms with Gasteiger partial charge in [-0.25, -0.2) is 4.79 Å². The van der Waals surface area contributed by atoms with E-state index in [4.69, 9.17) is 9.84 Å². The van der Waals surface area contributed by atoms with Gasteiger partial charge in [0.1, 0.15) is 17.9 Å². The van der Waals surface area contributed by atoms with Gasteiger partial charge in [-0.15, -0.1) is 0 Å². The zero-order valence-electron chi connectivity index (χ0n) is 9.77. The molecule has 0 amide bonds. The predicted molar refractivity (Wildman–Crippen MR) is 79.6 cm³/mol. The molecule has 0 radical (unpaired) electrons. The lowest BCUT2D eigenvalue weighted by molar-refractivity contribution is 0.0691. The SMILES string of the molecule is O=C(O)c1cc(Br)ccc1OCc1cccc(Br)c1. The third kappa shape index (κ3) is 3.81. The minimum absolute atomic E-state index is 0.143. The van der Waals surface area contributed by atoms with E-state index in [9.17, 15) is 4.79 Å². The van der Waals surface area contributed by atoms with Crippen molar-refractivity contribution in [3.8, 4) is 5.75 Å². The summed E-state index contributed by atoms with van der Waals surface area (Å²) >= 11 is 6.62. The molecule has 0 aliphatic carbocycles. The molecule has 2 rings (SSSR count). The van der Waals surface area contributed by atoms with Crippen molar-refractivity contribution in [2.45, 2.75) is 6.61 Å². The summed E-state index contributed by atoms with van der Waals surface area (Å²) in [5, 5.41) is 9.12. The first-order valence-electron chi connectivity index (χ1n) is 5.46. The van der Waals surface area contributed by atoms with Crippen LogP contribution in [-0.2, 0) is 6.61 Å². The van der Waals surface area contributed by atoms with E-state index in [2.05, 4.69) is 31.9 Å². The van der Waals surface area contributed by atoms with Crippen LogP contribution in [0.15, 0.2) is 51.4 Å². The predicted octanol–water partition coefficient (Wildman–Crippen LogP) is 4.49. The average Bonchev–Trinajstić information content (AvgIpc) is 2.37. The van der Waals surface area contributed by atoms with E-state index in [1.165, 1.54) is 6.07 Å². The van der Waals surface area contributed by atoms with Crippen LogP contribution >= 0.6 is 31.9 Å². The van der Waals surface area contributed by atoms with Gasteiger partial charge in [-0.2, -0.15) is 0 Å². The second kappa shape index (κ2) is 6.21. The lowest BCUT2D eigenvalue weighted by Gasteiger charge is -2.09. The zero-order valence-corrected chi connectivity index (χ0v) is 12.9. The van der Waals surface area contributed by atoms with Crippen molar-refractivity contribution < 1.29 is 14.6 Å². The first-order chi connectivity index (χ1) is 9.06. The monoisotopic (exact) mass is 384 g/mol. The molecule has 0 unspecified atom stereocenters. The summed E-state index contributed by atoms with van der Waals surface area (Å²) in [6.07, 6.45) is 0. The molecule has 5 heteroatoms.